The van der Waals surface area contributed by atoms with Gasteiger partial charge in [0.2, 0.25) is 0 Å². The Morgan fingerprint density at radius 1 is 1.14 bits per heavy atom. The van der Waals surface area contributed by atoms with Crippen molar-refractivity contribution in [3.8, 4) is 0 Å². The molecule has 0 aromatic carbocycles. The summed E-state index contributed by atoms with van der Waals surface area (Å²) in [6, 6.07) is 0. The maximum Gasteiger partial charge on any atom is 0.0822 e. The highest BCUT2D eigenvalue weighted by molar-refractivity contribution is 9.09. The molecule has 0 aromatic heterocycles. The van der Waals surface area contributed by atoms with E-state index in [2.05, 4.69) is 15.9 Å². The first-order valence-electron chi connectivity index (χ1n) is 2.56. The Morgan fingerprint density at radius 2 is 1.86 bits per heavy atom. The molecule has 0 heterocycles. The van der Waals surface area contributed by atoms with Crippen LogP contribution in [0.5, 0.6) is 0 Å². The fraction of sp³-hybridized carbons (Fsp3) is 1.00. The monoisotopic (exact) mass is 165 g/mol. The van der Waals surface area contributed by atoms with Crippen LogP contribution in [0, 0.1) is 0 Å². The zero-order chi connectivity index (χ0) is 5.54. The van der Waals surface area contributed by atoms with Gasteiger partial charge < -0.3 is 0 Å². The third-order valence-corrected chi connectivity index (χ3v) is 1.34. The molecule has 0 saturated carbocycles. The summed E-state index contributed by atoms with van der Waals surface area (Å²) in [6.07, 6.45) is 3.06. The SMILES string of the molecule is [O]CCCCCBr. The Morgan fingerprint density at radius 3 is 2.29 bits per heavy atom. The average Bonchev–Trinajstić information content (AvgIpc) is 1.69. The summed E-state index contributed by atoms with van der Waals surface area (Å²) in [4.78, 5) is 0. The van der Waals surface area contributed by atoms with E-state index in [1.165, 1.54) is 0 Å². The molecular weight excluding hydrogens is 156 g/mol. The molecule has 2 heteroatoms. The third kappa shape index (κ3) is 6.44. The van der Waals surface area contributed by atoms with E-state index < -0.39 is 0 Å². The molecular formula is C5H10BrO. The molecule has 0 spiro atoms. The second-order valence-electron chi connectivity index (χ2n) is 1.45. The van der Waals surface area contributed by atoms with Gasteiger partial charge in [0, 0.05) is 5.33 Å². The van der Waals surface area contributed by atoms with Gasteiger partial charge in [0.25, 0.3) is 0 Å². The fourth-order valence-electron chi connectivity index (χ4n) is 0.373. The lowest BCUT2D eigenvalue weighted by molar-refractivity contribution is 0.186. The van der Waals surface area contributed by atoms with Gasteiger partial charge >= 0.3 is 0 Å². The second-order valence-corrected chi connectivity index (χ2v) is 2.25. The minimum Gasteiger partial charge on any atom is -0.237 e. The van der Waals surface area contributed by atoms with E-state index >= 15 is 0 Å². The quantitative estimate of drug-likeness (QED) is 0.449. The summed E-state index contributed by atoms with van der Waals surface area (Å²) >= 11 is 3.28. The van der Waals surface area contributed by atoms with Crippen molar-refractivity contribution < 1.29 is 5.11 Å². The molecule has 7 heavy (non-hydrogen) atoms. The zero-order valence-corrected chi connectivity index (χ0v) is 5.91. The van der Waals surface area contributed by atoms with Crippen LogP contribution in [0.25, 0.3) is 0 Å². The molecule has 0 aliphatic rings. The molecule has 0 saturated heterocycles. The van der Waals surface area contributed by atoms with Crippen LogP contribution >= 0.6 is 15.9 Å². The minimum absolute atomic E-state index is 0.0903. The highest BCUT2D eigenvalue weighted by atomic mass is 79.9. The lowest BCUT2D eigenvalue weighted by Gasteiger charge is -1.88. The molecule has 0 fully saturated rings. The van der Waals surface area contributed by atoms with Crippen LogP contribution < -0.4 is 0 Å². The predicted molar refractivity (Wildman–Crippen MR) is 33.2 cm³/mol. The van der Waals surface area contributed by atoms with E-state index in [1.807, 2.05) is 0 Å². The van der Waals surface area contributed by atoms with Crippen LogP contribution in [0.1, 0.15) is 19.3 Å². The molecule has 1 radical (unpaired) electrons. The number of hydrogen-bond donors (Lipinski definition) is 0. The summed E-state index contributed by atoms with van der Waals surface area (Å²) in [7, 11) is 0. The highest BCUT2D eigenvalue weighted by Gasteiger charge is 1.82. The molecule has 1 nitrogen and oxygen atoms in total. The van der Waals surface area contributed by atoms with Crippen LogP contribution in [0.3, 0.4) is 0 Å². The molecule has 0 aromatic rings. The standard InChI is InChI=1S/C5H10BrO/c6-4-2-1-3-5-7/h1-5H2. The lowest BCUT2D eigenvalue weighted by atomic mass is 10.3. The molecule has 0 N–H and O–H groups in total. The number of alkyl halides is 1. The molecule has 0 bridgehead atoms. The first-order valence-corrected chi connectivity index (χ1v) is 3.68. The van der Waals surface area contributed by atoms with E-state index in [-0.39, 0.29) is 6.61 Å². The summed E-state index contributed by atoms with van der Waals surface area (Å²) in [5.74, 6) is 0. The van der Waals surface area contributed by atoms with Crippen molar-refractivity contribution >= 4 is 15.9 Å². The summed E-state index contributed by atoms with van der Waals surface area (Å²) in [5, 5.41) is 10.8. The minimum atomic E-state index is 0.0903. The number of hydrogen-bond acceptors (Lipinski definition) is 0. The van der Waals surface area contributed by atoms with Gasteiger partial charge in [0.05, 0.1) is 6.61 Å². The van der Waals surface area contributed by atoms with E-state index in [4.69, 9.17) is 0 Å². The largest absolute Gasteiger partial charge is 0.237 e. The number of rotatable bonds is 4. The maximum absolute atomic E-state index is 9.79. The smallest absolute Gasteiger partial charge is 0.0822 e. The van der Waals surface area contributed by atoms with E-state index in [9.17, 15) is 5.11 Å². The van der Waals surface area contributed by atoms with Crippen molar-refractivity contribution in [1.82, 2.24) is 0 Å². The molecule has 0 unspecified atom stereocenters. The summed E-state index contributed by atoms with van der Waals surface area (Å²) < 4.78 is 0. The van der Waals surface area contributed by atoms with Gasteiger partial charge in [-0.25, -0.2) is 5.11 Å². The molecule has 0 rings (SSSR count). The van der Waals surface area contributed by atoms with Crippen molar-refractivity contribution in [3.63, 3.8) is 0 Å². The van der Waals surface area contributed by atoms with Crippen LogP contribution in [-0.4, -0.2) is 11.9 Å². The third-order valence-electron chi connectivity index (χ3n) is 0.778. The first-order chi connectivity index (χ1) is 3.41. The van der Waals surface area contributed by atoms with Gasteiger partial charge in [-0.15, -0.1) is 0 Å². The summed E-state index contributed by atoms with van der Waals surface area (Å²) in [6.45, 7) is 0.0903. The molecule has 43 valence electrons. The van der Waals surface area contributed by atoms with Gasteiger partial charge in [-0.3, -0.25) is 0 Å². The van der Waals surface area contributed by atoms with Crippen LogP contribution in [0.15, 0.2) is 0 Å². The van der Waals surface area contributed by atoms with Crippen molar-refractivity contribution in [3.05, 3.63) is 0 Å². The average molecular weight is 166 g/mol. The normalized spacial score (nSPS) is 9.43. The van der Waals surface area contributed by atoms with Crippen molar-refractivity contribution in [2.24, 2.45) is 0 Å². The molecule has 0 atom stereocenters. The van der Waals surface area contributed by atoms with Crippen LogP contribution in [-0.2, 0) is 5.11 Å². The van der Waals surface area contributed by atoms with Gasteiger partial charge in [-0.1, -0.05) is 22.4 Å². The predicted octanol–water partition coefficient (Wildman–Crippen LogP) is 1.98. The summed E-state index contributed by atoms with van der Waals surface area (Å²) in [5.41, 5.74) is 0. The Hall–Kier alpha value is 0.440. The van der Waals surface area contributed by atoms with E-state index in [0.717, 1.165) is 24.6 Å². The van der Waals surface area contributed by atoms with Gasteiger partial charge in [0.1, 0.15) is 0 Å². The Labute approximate surface area is 52.9 Å². The Bertz CT molecular complexity index is 27.3. The van der Waals surface area contributed by atoms with Crippen LogP contribution in [0.2, 0.25) is 0 Å². The van der Waals surface area contributed by atoms with Gasteiger partial charge in [-0.05, 0) is 12.8 Å². The van der Waals surface area contributed by atoms with E-state index in [1.54, 1.807) is 0 Å². The van der Waals surface area contributed by atoms with E-state index in [0.29, 0.717) is 0 Å². The molecule has 0 amide bonds. The van der Waals surface area contributed by atoms with Gasteiger partial charge in [0.15, 0.2) is 0 Å². The number of halogens is 1. The number of unbranched alkanes of at least 4 members (excludes halogenated alkanes) is 2. The Kier molecular flexibility index (Phi) is 6.84. The van der Waals surface area contributed by atoms with Crippen LogP contribution in [0.4, 0.5) is 0 Å². The second kappa shape index (κ2) is 6.44. The molecule has 0 aliphatic heterocycles. The van der Waals surface area contributed by atoms with Crippen molar-refractivity contribution in [2.75, 3.05) is 11.9 Å². The maximum atomic E-state index is 9.79. The zero-order valence-electron chi connectivity index (χ0n) is 4.32. The van der Waals surface area contributed by atoms with Crippen molar-refractivity contribution in [2.45, 2.75) is 19.3 Å². The molecule has 0 aliphatic carbocycles. The highest BCUT2D eigenvalue weighted by Crippen LogP contribution is 1.96. The lowest BCUT2D eigenvalue weighted by Crippen LogP contribution is -1.80. The first kappa shape index (κ1) is 7.44. The topological polar surface area (TPSA) is 19.9 Å². The Balaban J connectivity index is 2.45. The van der Waals surface area contributed by atoms with Crippen molar-refractivity contribution in [1.29, 1.82) is 0 Å². The fourth-order valence-corrected chi connectivity index (χ4v) is 0.770. The van der Waals surface area contributed by atoms with Gasteiger partial charge in [-0.2, -0.15) is 0 Å².